The fourth-order valence-electron chi connectivity index (χ4n) is 1.92. The lowest BCUT2D eigenvalue weighted by atomic mass is 10.1. The molecular weight excluding hydrogens is 291 g/mol. The molecule has 0 amide bonds. The van der Waals surface area contributed by atoms with Crippen LogP contribution in [0.15, 0.2) is 53.4 Å². The molecule has 0 bridgehead atoms. The Bertz CT molecular complexity index is 747. The maximum absolute atomic E-state index is 12.9. The van der Waals surface area contributed by atoms with Crippen LogP contribution in [0.25, 0.3) is 0 Å². The monoisotopic (exact) mass is 306 g/mol. The Labute approximate surface area is 123 Å². The number of halogens is 1. The predicted molar refractivity (Wildman–Crippen MR) is 78.6 cm³/mol. The van der Waals surface area contributed by atoms with E-state index in [2.05, 4.69) is 0 Å². The van der Waals surface area contributed by atoms with E-state index in [0.29, 0.717) is 5.56 Å². The number of aryl methyl sites for hydroxylation is 1. The number of hydrogen-bond acceptors (Lipinski definition) is 3. The number of hydrogen-bond donors (Lipinski definition) is 0. The summed E-state index contributed by atoms with van der Waals surface area (Å²) in [5.41, 5.74) is 1.33. The van der Waals surface area contributed by atoms with E-state index in [1.54, 1.807) is 24.3 Å². The van der Waals surface area contributed by atoms with E-state index >= 15 is 0 Å². The SMILES string of the molecule is Cc1ccc(C(=O)C(C)S(=O)(=O)c2ccc(F)cc2)cc1. The first-order chi connectivity index (χ1) is 9.82. The van der Waals surface area contributed by atoms with E-state index in [0.717, 1.165) is 17.7 Å². The standard InChI is InChI=1S/C16H15FO3S/c1-11-3-5-13(6-4-11)16(18)12(2)21(19,20)15-9-7-14(17)8-10-15/h3-10,12H,1-2H3. The summed E-state index contributed by atoms with van der Waals surface area (Å²) in [5.74, 6) is -0.995. The van der Waals surface area contributed by atoms with E-state index < -0.39 is 26.7 Å². The lowest BCUT2D eigenvalue weighted by Gasteiger charge is -2.12. The average Bonchev–Trinajstić information content (AvgIpc) is 2.47. The van der Waals surface area contributed by atoms with Crippen LogP contribution in [0, 0.1) is 12.7 Å². The lowest BCUT2D eigenvalue weighted by Crippen LogP contribution is -2.27. The van der Waals surface area contributed by atoms with Crippen LogP contribution in [0.2, 0.25) is 0 Å². The van der Waals surface area contributed by atoms with Crippen LogP contribution in [0.5, 0.6) is 0 Å². The third-order valence-electron chi connectivity index (χ3n) is 3.31. The topological polar surface area (TPSA) is 51.2 Å². The van der Waals surface area contributed by atoms with E-state index in [4.69, 9.17) is 0 Å². The summed E-state index contributed by atoms with van der Waals surface area (Å²) in [6.45, 7) is 3.23. The van der Waals surface area contributed by atoms with Crippen molar-refractivity contribution in [3.63, 3.8) is 0 Å². The molecule has 0 heterocycles. The van der Waals surface area contributed by atoms with Crippen molar-refractivity contribution in [2.45, 2.75) is 24.0 Å². The third-order valence-corrected chi connectivity index (χ3v) is 5.39. The minimum atomic E-state index is -3.83. The highest BCUT2D eigenvalue weighted by atomic mass is 32.2. The molecule has 0 fully saturated rings. The molecule has 0 N–H and O–H groups in total. The molecule has 0 aliphatic heterocycles. The quantitative estimate of drug-likeness (QED) is 0.644. The number of rotatable bonds is 4. The number of ketones is 1. The maximum Gasteiger partial charge on any atom is 0.188 e. The van der Waals surface area contributed by atoms with Crippen molar-refractivity contribution in [3.8, 4) is 0 Å². The van der Waals surface area contributed by atoms with Gasteiger partial charge in [0, 0.05) is 5.56 Å². The summed E-state index contributed by atoms with van der Waals surface area (Å²) < 4.78 is 37.6. The maximum atomic E-state index is 12.9. The smallest absolute Gasteiger partial charge is 0.188 e. The Balaban J connectivity index is 2.33. The second-order valence-electron chi connectivity index (χ2n) is 4.87. The molecule has 110 valence electrons. The highest BCUT2D eigenvalue weighted by Crippen LogP contribution is 2.20. The largest absolute Gasteiger partial charge is 0.293 e. The van der Waals surface area contributed by atoms with E-state index in [1.807, 2.05) is 6.92 Å². The average molecular weight is 306 g/mol. The van der Waals surface area contributed by atoms with Gasteiger partial charge in [0.05, 0.1) is 4.90 Å². The second kappa shape index (κ2) is 5.77. The molecule has 0 saturated heterocycles. The fraction of sp³-hybridized carbons (Fsp3) is 0.188. The van der Waals surface area contributed by atoms with E-state index in [1.165, 1.54) is 19.1 Å². The number of carbonyl (C=O) groups excluding carboxylic acids is 1. The normalized spacial score (nSPS) is 12.9. The van der Waals surface area contributed by atoms with Gasteiger partial charge < -0.3 is 0 Å². The molecule has 21 heavy (non-hydrogen) atoms. The number of sulfone groups is 1. The first-order valence-corrected chi connectivity index (χ1v) is 7.97. The highest BCUT2D eigenvalue weighted by molar-refractivity contribution is 7.92. The van der Waals surface area contributed by atoms with Crippen molar-refractivity contribution in [1.82, 2.24) is 0 Å². The van der Waals surface area contributed by atoms with Crippen LogP contribution in [0.3, 0.4) is 0 Å². The number of Topliss-reactive ketones (excluding diaryl/α,β-unsaturated/α-hetero) is 1. The van der Waals surface area contributed by atoms with Crippen molar-refractivity contribution in [2.24, 2.45) is 0 Å². The van der Waals surface area contributed by atoms with Crippen LogP contribution in [0.1, 0.15) is 22.8 Å². The molecule has 0 aliphatic carbocycles. The van der Waals surface area contributed by atoms with Crippen molar-refractivity contribution >= 4 is 15.6 Å². The second-order valence-corrected chi connectivity index (χ2v) is 7.14. The van der Waals surface area contributed by atoms with Crippen molar-refractivity contribution < 1.29 is 17.6 Å². The van der Waals surface area contributed by atoms with Gasteiger partial charge in [-0.3, -0.25) is 4.79 Å². The lowest BCUT2D eigenvalue weighted by molar-refractivity contribution is 0.0991. The zero-order valence-corrected chi connectivity index (χ0v) is 12.5. The van der Waals surface area contributed by atoms with Crippen molar-refractivity contribution in [3.05, 3.63) is 65.5 Å². The van der Waals surface area contributed by atoms with Gasteiger partial charge in [0.25, 0.3) is 0 Å². The fourth-order valence-corrected chi connectivity index (χ4v) is 3.26. The van der Waals surface area contributed by atoms with E-state index in [9.17, 15) is 17.6 Å². The van der Waals surface area contributed by atoms with Crippen LogP contribution in [-0.4, -0.2) is 19.5 Å². The van der Waals surface area contributed by atoms with Crippen LogP contribution in [-0.2, 0) is 9.84 Å². The highest BCUT2D eigenvalue weighted by Gasteiger charge is 2.30. The van der Waals surface area contributed by atoms with Gasteiger partial charge in [-0.1, -0.05) is 29.8 Å². The molecule has 0 spiro atoms. The van der Waals surface area contributed by atoms with Crippen molar-refractivity contribution in [1.29, 1.82) is 0 Å². The summed E-state index contributed by atoms with van der Waals surface area (Å²) >= 11 is 0. The minimum Gasteiger partial charge on any atom is -0.293 e. The molecule has 2 rings (SSSR count). The summed E-state index contributed by atoms with van der Waals surface area (Å²) in [5, 5.41) is -1.22. The van der Waals surface area contributed by atoms with E-state index in [-0.39, 0.29) is 4.90 Å². The van der Waals surface area contributed by atoms with Gasteiger partial charge in [-0.05, 0) is 38.1 Å². The molecule has 0 saturated carbocycles. The number of benzene rings is 2. The van der Waals surface area contributed by atoms with Gasteiger partial charge in [-0.15, -0.1) is 0 Å². The van der Waals surface area contributed by atoms with Crippen LogP contribution < -0.4 is 0 Å². The molecule has 5 heteroatoms. The molecule has 1 atom stereocenters. The Morgan fingerprint density at radius 2 is 1.52 bits per heavy atom. The van der Waals surface area contributed by atoms with Crippen LogP contribution >= 0.6 is 0 Å². The van der Waals surface area contributed by atoms with Gasteiger partial charge in [-0.2, -0.15) is 0 Å². The first-order valence-electron chi connectivity index (χ1n) is 6.43. The Hall–Kier alpha value is -2.01. The third kappa shape index (κ3) is 3.19. The van der Waals surface area contributed by atoms with Crippen LogP contribution in [0.4, 0.5) is 4.39 Å². The summed E-state index contributed by atoms with van der Waals surface area (Å²) in [4.78, 5) is 12.2. The molecule has 0 aromatic heterocycles. The molecular formula is C16H15FO3S. The van der Waals surface area contributed by atoms with Gasteiger partial charge >= 0.3 is 0 Å². The molecule has 1 unspecified atom stereocenters. The van der Waals surface area contributed by atoms with Gasteiger partial charge in [0.15, 0.2) is 15.6 Å². The Morgan fingerprint density at radius 3 is 2.05 bits per heavy atom. The molecule has 2 aromatic carbocycles. The molecule has 3 nitrogen and oxygen atoms in total. The Morgan fingerprint density at radius 1 is 1.00 bits per heavy atom. The van der Waals surface area contributed by atoms with Crippen molar-refractivity contribution in [2.75, 3.05) is 0 Å². The predicted octanol–water partition coefficient (Wildman–Crippen LogP) is 3.18. The summed E-state index contributed by atoms with van der Waals surface area (Å²) in [7, 11) is -3.83. The first kappa shape index (κ1) is 15.4. The zero-order chi connectivity index (χ0) is 15.6. The molecule has 0 radical (unpaired) electrons. The summed E-state index contributed by atoms with van der Waals surface area (Å²) in [6.07, 6.45) is 0. The van der Waals surface area contributed by atoms with Gasteiger partial charge in [-0.25, -0.2) is 12.8 Å². The van der Waals surface area contributed by atoms with Gasteiger partial charge in [0.2, 0.25) is 0 Å². The minimum absolute atomic E-state index is 0.0585. The zero-order valence-electron chi connectivity index (χ0n) is 11.7. The number of carbonyl (C=O) groups is 1. The molecule has 2 aromatic rings. The van der Waals surface area contributed by atoms with Gasteiger partial charge in [0.1, 0.15) is 11.1 Å². The molecule has 0 aliphatic rings. The Kier molecular flexibility index (Phi) is 4.23. The summed E-state index contributed by atoms with van der Waals surface area (Å²) in [6, 6.07) is 11.2.